The first-order valence-corrected chi connectivity index (χ1v) is 10.8. The molecule has 29 heavy (non-hydrogen) atoms. The number of nitrogens with one attached hydrogen (secondary N) is 1. The zero-order chi connectivity index (χ0) is 20.0. The topological polar surface area (TPSA) is 59.1 Å². The Hall–Kier alpha value is -2.31. The molecule has 0 radical (unpaired) electrons. The van der Waals surface area contributed by atoms with Gasteiger partial charge in [-0.05, 0) is 55.3 Å². The average molecular weight is 395 g/mol. The van der Waals surface area contributed by atoms with Crippen molar-refractivity contribution in [3.63, 3.8) is 0 Å². The van der Waals surface area contributed by atoms with Gasteiger partial charge in [0.1, 0.15) is 0 Å². The highest BCUT2D eigenvalue weighted by Gasteiger charge is 2.46. The molecule has 2 N–H and O–H groups in total. The number of hydrogen-bond donors (Lipinski definition) is 2. The fraction of sp³-hybridized carbons (Fsp3) is 0.522. The van der Waals surface area contributed by atoms with Gasteiger partial charge in [0.15, 0.2) is 0 Å². The molecule has 0 aliphatic carbocycles. The minimum absolute atomic E-state index is 0.188. The summed E-state index contributed by atoms with van der Waals surface area (Å²) in [5, 5.41) is 13.6. The van der Waals surface area contributed by atoms with Crippen molar-refractivity contribution in [1.29, 1.82) is 0 Å². The molecule has 0 bridgehead atoms. The Labute approximate surface area is 172 Å². The number of nitrogens with zero attached hydrogens (tertiary/aromatic N) is 3. The monoisotopic (exact) mass is 394 g/mol. The number of rotatable bonds is 5. The Balaban J connectivity index is 1.24. The summed E-state index contributed by atoms with van der Waals surface area (Å²) in [4.78, 5) is 19.2. The summed E-state index contributed by atoms with van der Waals surface area (Å²) in [5.41, 5.74) is 4.78. The number of likely N-dealkylation sites (N-methyl/N-ethyl adjacent to an activating group) is 1. The van der Waals surface area contributed by atoms with Crippen molar-refractivity contribution in [3.05, 3.63) is 47.7 Å². The molecule has 1 saturated heterocycles. The van der Waals surface area contributed by atoms with E-state index in [0.29, 0.717) is 18.5 Å². The largest absolute Gasteiger partial charge is 0.388 e. The van der Waals surface area contributed by atoms with E-state index in [1.165, 1.54) is 11.3 Å². The molecule has 6 heteroatoms. The van der Waals surface area contributed by atoms with Crippen LogP contribution in [0.5, 0.6) is 0 Å². The first-order valence-electron chi connectivity index (χ1n) is 10.8. The molecular formula is C23H30N4O2. The maximum atomic E-state index is 12.5. The van der Waals surface area contributed by atoms with Crippen molar-refractivity contribution < 1.29 is 9.90 Å². The summed E-state index contributed by atoms with van der Waals surface area (Å²) in [5.74, 6) is 0.658. The molecule has 1 amide bonds. The molecule has 1 aromatic rings. The molecule has 1 fully saturated rings. The summed E-state index contributed by atoms with van der Waals surface area (Å²) in [6.07, 6.45) is 8.47. The first-order chi connectivity index (χ1) is 14.1. The third-order valence-corrected chi connectivity index (χ3v) is 7.02. The number of anilines is 2. The minimum Gasteiger partial charge on any atom is -0.388 e. The van der Waals surface area contributed by atoms with Gasteiger partial charge < -0.3 is 25.1 Å². The van der Waals surface area contributed by atoms with Gasteiger partial charge in [-0.3, -0.25) is 4.79 Å². The van der Waals surface area contributed by atoms with Crippen LogP contribution < -0.4 is 15.1 Å². The third-order valence-electron chi connectivity index (χ3n) is 7.02. The summed E-state index contributed by atoms with van der Waals surface area (Å²) in [6, 6.07) is 6.86. The van der Waals surface area contributed by atoms with Crippen molar-refractivity contribution in [2.75, 3.05) is 49.6 Å². The highest BCUT2D eigenvalue weighted by Crippen LogP contribution is 2.50. The van der Waals surface area contributed by atoms with Crippen LogP contribution in [0.4, 0.5) is 11.4 Å². The van der Waals surface area contributed by atoms with Crippen LogP contribution in [-0.4, -0.2) is 67.8 Å². The lowest BCUT2D eigenvalue weighted by Gasteiger charge is -2.41. The number of para-hydroxylation sites is 1. The van der Waals surface area contributed by atoms with Crippen LogP contribution in [0.25, 0.3) is 0 Å². The van der Waals surface area contributed by atoms with Gasteiger partial charge in [-0.25, -0.2) is 0 Å². The van der Waals surface area contributed by atoms with Crippen molar-refractivity contribution >= 4 is 17.3 Å². The van der Waals surface area contributed by atoms with Crippen LogP contribution in [0.1, 0.15) is 30.7 Å². The Morgan fingerprint density at radius 3 is 3.07 bits per heavy atom. The van der Waals surface area contributed by atoms with E-state index < -0.39 is 0 Å². The fourth-order valence-corrected chi connectivity index (χ4v) is 5.46. The molecule has 4 aliphatic rings. The number of carbonyl (C=O) groups excluding carboxylic acids is 1. The van der Waals surface area contributed by atoms with Crippen LogP contribution >= 0.6 is 0 Å². The highest BCUT2D eigenvalue weighted by molar-refractivity contribution is 6.04. The van der Waals surface area contributed by atoms with Crippen molar-refractivity contribution in [3.8, 4) is 0 Å². The van der Waals surface area contributed by atoms with Crippen LogP contribution in [0, 0.1) is 0 Å². The maximum Gasteiger partial charge on any atom is 0.246 e. The molecular weight excluding hydrogens is 364 g/mol. The second-order valence-electron chi connectivity index (χ2n) is 8.66. The zero-order valence-corrected chi connectivity index (χ0v) is 17.1. The quantitative estimate of drug-likeness (QED) is 0.798. The summed E-state index contributed by atoms with van der Waals surface area (Å²) in [6.45, 7) is 4.42. The Bertz CT molecular complexity index is 864. The molecule has 154 valence electrons. The Morgan fingerprint density at radius 2 is 2.24 bits per heavy atom. The fourth-order valence-electron chi connectivity index (χ4n) is 5.46. The SMILES string of the molecule is CN1C(=O)CN2c3c(cccc31)C1CN(CCC[C@H](O)C3=CCNC=C3)CC[C@@H]12. The van der Waals surface area contributed by atoms with E-state index in [9.17, 15) is 9.90 Å². The number of benzene rings is 1. The standard InChI is InChI=1S/C23H30N4O2/c1-25-20-5-2-4-17-18-14-26(12-3-6-21(28)16-7-10-24-11-8-16)13-9-19(18)27(23(17)20)15-22(25)29/h2,4-5,7-8,10,18-19,21,24,28H,3,6,9,11-15H2,1H3/t18?,19-,21-/m0/s1. The lowest BCUT2D eigenvalue weighted by Crippen LogP contribution is -2.51. The second-order valence-corrected chi connectivity index (χ2v) is 8.66. The number of piperidine rings is 1. The van der Waals surface area contributed by atoms with Crippen LogP contribution in [0.15, 0.2) is 42.1 Å². The van der Waals surface area contributed by atoms with E-state index in [1.54, 1.807) is 0 Å². The van der Waals surface area contributed by atoms with Crippen LogP contribution in [0.3, 0.4) is 0 Å². The summed E-state index contributed by atoms with van der Waals surface area (Å²) in [7, 11) is 1.89. The Kier molecular flexibility index (Phi) is 4.84. The van der Waals surface area contributed by atoms with E-state index in [4.69, 9.17) is 0 Å². The third kappa shape index (κ3) is 3.24. The average Bonchev–Trinajstić information content (AvgIpc) is 3.06. The predicted octanol–water partition coefficient (Wildman–Crippen LogP) is 1.83. The van der Waals surface area contributed by atoms with Crippen molar-refractivity contribution in [2.45, 2.75) is 37.3 Å². The van der Waals surface area contributed by atoms with E-state index in [2.05, 4.69) is 39.4 Å². The van der Waals surface area contributed by atoms with Gasteiger partial charge >= 0.3 is 0 Å². The molecule has 3 atom stereocenters. The van der Waals surface area contributed by atoms with Gasteiger partial charge in [0.05, 0.1) is 24.0 Å². The number of aliphatic hydroxyl groups excluding tert-OH is 1. The highest BCUT2D eigenvalue weighted by atomic mass is 16.3. The van der Waals surface area contributed by atoms with Gasteiger partial charge in [0.2, 0.25) is 5.91 Å². The van der Waals surface area contributed by atoms with E-state index in [-0.39, 0.29) is 12.0 Å². The molecule has 0 aromatic heterocycles. The number of fused-ring (bicyclic) bond motifs is 3. The van der Waals surface area contributed by atoms with E-state index >= 15 is 0 Å². The molecule has 0 saturated carbocycles. The second kappa shape index (κ2) is 7.50. The predicted molar refractivity (Wildman–Crippen MR) is 115 cm³/mol. The lowest BCUT2D eigenvalue weighted by molar-refractivity contribution is -0.117. The number of dihydropyridines is 1. The Morgan fingerprint density at radius 1 is 1.34 bits per heavy atom. The first kappa shape index (κ1) is 18.7. The lowest BCUT2D eigenvalue weighted by atomic mass is 9.89. The van der Waals surface area contributed by atoms with Crippen molar-refractivity contribution in [2.24, 2.45) is 0 Å². The normalized spacial score (nSPS) is 26.7. The summed E-state index contributed by atoms with van der Waals surface area (Å²) >= 11 is 0. The number of aliphatic hydroxyl groups is 1. The van der Waals surface area contributed by atoms with Gasteiger partial charge in [-0.1, -0.05) is 18.2 Å². The molecule has 1 unspecified atom stereocenters. The number of amides is 1. The van der Waals surface area contributed by atoms with Gasteiger partial charge in [0, 0.05) is 38.6 Å². The van der Waals surface area contributed by atoms with Gasteiger partial charge in [0.25, 0.3) is 0 Å². The molecule has 4 aliphatic heterocycles. The molecule has 0 spiro atoms. The minimum atomic E-state index is -0.369. The van der Waals surface area contributed by atoms with Crippen LogP contribution in [0.2, 0.25) is 0 Å². The van der Waals surface area contributed by atoms with Gasteiger partial charge in [-0.2, -0.15) is 0 Å². The van der Waals surface area contributed by atoms with E-state index in [0.717, 1.165) is 56.7 Å². The van der Waals surface area contributed by atoms with Crippen molar-refractivity contribution in [1.82, 2.24) is 10.2 Å². The maximum absolute atomic E-state index is 12.5. The molecule has 5 rings (SSSR count). The number of likely N-dealkylation sites (tertiary alicyclic amines) is 1. The zero-order valence-electron chi connectivity index (χ0n) is 17.1. The van der Waals surface area contributed by atoms with Crippen LogP contribution in [-0.2, 0) is 4.79 Å². The summed E-state index contributed by atoms with van der Waals surface area (Å²) < 4.78 is 0. The molecule has 6 nitrogen and oxygen atoms in total. The number of hydrogen-bond acceptors (Lipinski definition) is 5. The van der Waals surface area contributed by atoms with Gasteiger partial charge in [-0.15, -0.1) is 0 Å². The number of carbonyl (C=O) groups is 1. The molecule has 1 aromatic carbocycles. The molecule has 4 heterocycles. The smallest absolute Gasteiger partial charge is 0.246 e. The van der Waals surface area contributed by atoms with E-state index in [1.807, 2.05) is 24.2 Å².